The number of urea groups is 1. The van der Waals surface area contributed by atoms with Gasteiger partial charge in [-0.15, -0.1) is 0 Å². The zero-order chi connectivity index (χ0) is 25.5. The quantitative estimate of drug-likeness (QED) is 0.641. The van der Waals surface area contributed by atoms with E-state index in [1.54, 1.807) is 46.4 Å². The van der Waals surface area contributed by atoms with E-state index in [0.717, 1.165) is 10.6 Å². The van der Waals surface area contributed by atoms with Crippen LogP contribution in [0.2, 0.25) is 0 Å². The number of benzene rings is 1. The van der Waals surface area contributed by atoms with Crippen LogP contribution >= 0.6 is 0 Å². The minimum Gasteiger partial charge on any atom is -0.445 e. The lowest BCUT2D eigenvalue weighted by Gasteiger charge is -2.38. The lowest BCUT2D eigenvalue weighted by molar-refractivity contribution is -0.127. The minimum atomic E-state index is -0.810. The van der Waals surface area contributed by atoms with E-state index in [1.807, 2.05) is 30.3 Å². The van der Waals surface area contributed by atoms with Crippen LogP contribution < -0.4 is 10.7 Å². The number of rotatable bonds is 3. The number of likely N-dealkylation sites (tertiary alicyclic amines) is 1. The first-order valence-electron chi connectivity index (χ1n) is 11.4. The highest BCUT2D eigenvalue weighted by Gasteiger charge is 2.34. The molecule has 5 amide bonds. The Labute approximate surface area is 200 Å². The first-order chi connectivity index (χ1) is 15.8. The molecule has 0 aliphatic carbocycles. The molecule has 0 radical (unpaired) electrons. The van der Waals surface area contributed by atoms with E-state index < -0.39 is 41.2 Å². The van der Waals surface area contributed by atoms with Gasteiger partial charge >= 0.3 is 18.2 Å². The average Bonchev–Trinajstić information content (AvgIpc) is 2.74. The Morgan fingerprint density at radius 3 is 2.12 bits per heavy atom. The van der Waals surface area contributed by atoms with Gasteiger partial charge in [-0.2, -0.15) is 0 Å². The molecule has 34 heavy (non-hydrogen) atoms. The lowest BCUT2D eigenvalue weighted by atomic mass is 9.96. The standard InChI is InChI=1S/C24H36N4O6/c1-23(2,3)19(29)25-20(30)28(26-21(31)34-24(4,5)6)18-12-14-27(15-13-18)22(32)33-16-17-10-8-7-9-11-17/h7-11,18H,12-16H2,1-6H3,(H,26,31)(H,25,29,30). The van der Waals surface area contributed by atoms with Crippen LogP contribution in [-0.2, 0) is 20.9 Å². The molecule has 1 heterocycles. The largest absolute Gasteiger partial charge is 0.445 e. The third-order valence-corrected chi connectivity index (χ3v) is 5.02. The van der Waals surface area contributed by atoms with Gasteiger partial charge in [0.1, 0.15) is 12.2 Å². The molecular weight excluding hydrogens is 440 g/mol. The summed E-state index contributed by atoms with van der Waals surface area (Å²) in [5.41, 5.74) is 1.79. The van der Waals surface area contributed by atoms with Crippen LogP contribution in [0.4, 0.5) is 14.4 Å². The van der Waals surface area contributed by atoms with E-state index >= 15 is 0 Å². The second kappa shape index (κ2) is 11.2. The smallest absolute Gasteiger partial charge is 0.426 e. The summed E-state index contributed by atoms with van der Waals surface area (Å²) in [5.74, 6) is -0.476. The minimum absolute atomic E-state index is 0.170. The predicted octanol–water partition coefficient (Wildman–Crippen LogP) is 3.81. The van der Waals surface area contributed by atoms with Gasteiger partial charge in [-0.05, 0) is 39.2 Å². The topological polar surface area (TPSA) is 117 Å². The van der Waals surface area contributed by atoms with Crippen molar-refractivity contribution in [3.05, 3.63) is 35.9 Å². The Morgan fingerprint density at radius 2 is 1.59 bits per heavy atom. The molecule has 0 bridgehead atoms. The number of hydrazine groups is 1. The highest BCUT2D eigenvalue weighted by Crippen LogP contribution is 2.19. The van der Waals surface area contributed by atoms with Crippen molar-refractivity contribution < 1.29 is 28.7 Å². The van der Waals surface area contributed by atoms with Crippen LogP contribution in [-0.4, -0.2) is 58.8 Å². The number of piperidine rings is 1. The number of hydrogen-bond acceptors (Lipinski definition) is 6. The van der Waals surface area contributed by atoms with Gasteiger partial charge in [0.25, 0.3) is 0 Å². The van der Waals surface area contributed by atoms with Gasteiger partial charge in [-0.25, -0.2) is 24.8 Å². The molecule has 1 aromatic rings. The van der Waals surface area contributed by atoms with Crippen LogP contribution in [0.5, 0.6) is 0 Å². The maximum absolute atomic E-state index is 12.9. The molecule has 1 fully saturated rings. The Balaban J connectivity index is 2.00. The van der Waals surface area contributed by atoms with E-state index in [2.05, 4.69) is 10.7 Å². The molecule has 188 valence electrons. The van der Waals surface area contributed by atoms with Crippen LogP contribution in [0.1, 0.15) is 59.9 Å². The molecule has 10 heteroatoms. The van der Waals surface area contributed by atoms with Crippen molar-refractivity contribution >= 4 is 24.1 Å². The third kappa shape index (κ3) is 8.57. The molecule has 0 unspecified atom stereocenters. The number of nitrogens with one attached hydrogen (secondary N) is 2. The summed E-state index contributed by atoms with van der Waals surface area (Å²) in [4.78, 5) is 51.6. The van der Waals surface area contributed by atoms with E-state index in [4.69, 9.17) is 9.47 Å². The molecule has 2 N–H and O–H groups in total. The number of carbonyl (C=O) groups is 4. The molecule has 0 saturated carbocycles. The van der Waals surface area contributed by atoms with Crippen molar-refractivity contribution in [3.63, 3.8) is 0 Å². The van der Waals surface area contributed by atoms with Crippen molar-refractivity contribution in [1.29, 1.82) is 0 Å². The summed E-state index contributed by atoms with van der Waals surface area (Å²) in [6, 6.07) is 8.17. The van der Waals surface area contributed by atoms with E-state index in [0.29, 0.717) is 25.9 Å². The van der Waals surface area contributed by atoms with Crippen molar-refractivity contribution in [2.24, 2.45) is 5.41 Å². The zero-order valence-electron chi connectivity index (χ0n) is 20.8. The second-order valence-corrected chi connectivity index (χ2v) is 10.3. The van der Waals surface area contributed by atoms with Crippen LogP contribution in [0.3, 0.4) is 0 Å². The van der Waals surface area contributed by atoms with Gasteiger partial charge in [-0.3, -0.25) is 10.1 Å². The van der Waals surface area contributed by atoms with Gasteiger partial charge < -0.3 is 14.4 Å². The van der Waals surface area contributed by atoms with Crippen molar-refractivity contribution in [2.75, 3.05) is 13.1 Å². The maximum Gasteiger partial charge on any atom is 0.426 e. The summed E-state index contributed by atoms with van der Waals surface area (Å²) in [6.45, 7) is 11.0. The van der Waals surface area contributed by atoms with Crippen molar-refractivity contribution in [2.45, 2.75) is 72.6 Å². The van der Waals surface area contributed by atoms with Crippen molar-refractivity contribution in [3.8, 4) is 0 Å². The van der Waals surface area contributed by atoms with Gasteiger partial charge in [0.2, 0.25) is 5.91 Å². The number of nitrogens with zero attached hydrogens (tertiary/aromatic N) is 2. The maximum atomic E-state index is 12.9. The SMILES string of the molecule is CC(C)(C)OC(=O)NN(C(=O)NC(=O)C(C)(C)C)C1CCN(C(=O)OCc2ccccc2)CC1. The lowest BCUT2D eigenvalue weighted by Crippen LogP contribution is -2.60. The molecule has 0 spiro atoms. The van der Waals surface area contributed by atoms with E-state index in [-0.39, 0.29) is 6.61 Å². The monoisotopic (exact) mass is 476 g/mol. The second-order valence-electron chi connectivity index (χ2n) is 10.3. The van der Waals surface area contributed by atoms with Crippen molar-refractivity contribution in [1.82, 2.24) is 20.7 Å². The number of ether oxygens (including phenoxy) is 2. The average molecular weight is 477 g/mol. The number of carbonyl (C=O) groups excluding carboxylic acids is 4. The van der Waals surface area contributed by atoms with Gasteiger partial charge in [0, 0.05) is 18.5 Å². The fourth-order valence-electron chi connectivity index (χ4n) is 3.17. The first kappa shape index (κ1) is 26.9. The molecule has 0 aromatic heterocycles. The highest BCUT2D eigenvalue weighted by atomic mass is 16.6. The highest BCUT2D eigenvalue weighted by molar-refractivity contribution is 5.97. The molecular formula is C24H36N4O6. The fourth-order valence-corrected chi connectivity index (χ4v) is 3.17. The van der Waals surface area contributed by atoms with Crippen LogP contribution in [0.25, 0.3) is 0 Å². The molecule has 1 saturated heterocycles. The van der Waals surface area contributed by atoms with Crippen LogP contribution in [0, 0.1) is 5.41 Å². The third-order valence-electron chi connectivity index (χ3n) is 5.02. The molecule has 1 aliphatic heterocycles. The molecule has 2 rings (SSSR count). The number of amides is 5. The van der Waals surface area contributed by atoms with Gasteiger partial charge in [-0.1, -0.05) is 51.1 Å². The number of hydrogen-bond donors (Lipinski definition) is 2. The molecule has 1 aliphatic rings. The summed E-state index contributed by atoms with van der Waals surface area (Å²) >= 11 is 0. The zero-order valence-corrected chi connectivity index (χ0v) is 20.8. The van der Waals surface area contributed by atoms with Crippen LogP contribution in [0.15, 0.2) is 30.3 Å². The Hall–Kier alpha value is -3.30. The summed E-state index contributed by atoms with van der Waals surface area (Å²) in [5, 5.41) is 3.42. The Morgan fingerprint density at radius 1 is 1.00 bits per heavy atom. The summed E-state index contributed by atoms with van der Waals surface area (Å²) in [6.07, 6.45) is -0.488. The first-order valence-corrected chi connectivity index (χ1v) is 11.4. The summed E-state index contributed by atoms with van der Waals surface area (Å²) < 4.78 is 10.7. The van der Waals surface area contributed by atoms with Gasteiger partial charge in [0.05, 0.1) is 6.04 Å². The molecule has 10 nitrogen and oxygen atoms in total. The van der Waals surface area contributed by atoms with E-state index in [1.165, 1.54) is 0 Å². The molecule has 1 aromatic carbocycles. The Kier molecular flexibility index (Phi) is 8.89. The fraction of sp³-hybridized carbons (Fsp3) is 0.583. The van der Waals surface area contributed by atoms with Gasteiger partial charge in [0.15, 0.2) is 0 Å². The number of imide groups is 1. The normalized spacial score (nSPS) is 14.7. The van der Waals surface area contributed by atoms with E-state index in [9.17, 15) is 19.2 Å². The Bertz CT molecular complexity index is 868. The molecule has 0 atom stereocenters. The predicted molar refractivity (Wildman–Crippen MR) is 125 cm³/mol. The summed E-state index contributed by atoms with van der Waals surface area (Å²) in [7, 11) is 0.